The van der Waals surface area contributed by atoms with Crippen LogP contribution in [0, 0.1) is 0 Å². The highest BCUT2D eigenvalue weighted by molar-refractivity contribution is 6.24. The molecule has 12 aromatic rings. The molecule has 1 spiro atoms. The van der Waals surface area contributed by atoms with Gasteiger partial charge in [-0.15, -0.1) is 0 Å². The lowest BCUT2D eigenvalue weighted by Crippen LogP contribution is -2.26. The zero-order chi connectivity index (χ0) is 46.8. The molecule has 332 valence electrons. The van der Waals surface area contributed by atoms with E-state index in [-0.39, 0.29) is 17.5 Å². The highest BCUT2D eigenvalue weighted by Crippen LogP contribution is 2.64. The molecule has 2 atom stereocenters. The molecule has 71 heavy (non-hydrogen) atoms. The van der Waals surface area contributed by atoms with E-state index in [1.54, 1.807) is 0 Å². The number of rotatable bonds is 6. The summed E-state index contributed by atoms with van der Waals surface area (Å²) in [6, 6.07) is 83.4. The Morgan fingerprint density at radius 3 is 1.63 bits per heavy atom. The van der Waals surface area contributed by atoms with E-state index in [1.165, 1.54) is 66.8 Å². The topological polar surface area (TPSA) is 33.5 Å². The lowest BCUT2D eigenvalue weighted by molar-refractivity contribution is 0.759. The van der Waals surface area contributed by atoms with Crippen LogP contribution in [-0.4, -0.2) is 10.4 Å². The van der Waals surface area contributed by atoms with Crippen molar-refractivity contribution < 1.29 is 0 Å². The number of nitrogens with one attached hydrogen (secondary N) is 1. The van der Waals surface area contributed by atoms with Crippen molar-refractivity contribution in [1.82, 2.24) is 4.40 Å². The maximum Gasteiger partial charge on any atom is 0.263 e. The van der Waals surface area contributed by atoms with E-state index < -0.39 is 5.41 Å². The second kappa shape index (κ2) is 15.2. The molecular formula is C68H44N2O. The van der Waals surface area contributed by atoms with Gasteiger partial charge in [-0.1, -0.05) is 218 Å². The van der Waals surface area contributed by atoms with Crippen LogP contribution < -0.4 is 10.9 Å². The highest BCUT2D eigenvalue weighted by Gasteiger charge is 2.52. The number of nitrogens with zero attached hydrogens (tertiary/aromatic N) is 1. The molecule has 15 rings (SSSR count). The van der Waals surface area contributed by atoms with Gasteiger partial charge in [-0.3, -0.25) is 9.20 Å². The van der Waals surface area contributed by atoms with Gasteiger partial charge < -0.3 is 5.32 Å². The van der Waals surface area contributed by atoms with Gasteiger partial charge in [-0.2, -0.15) is 0 Å². The quantitative estimate of drug-likeness (QED) is 0.169. The van der Waals surface area contributed by atoms with Crippen LogP contribution >= 0.6 is 0 Å². The third-order valence-corrected chi connectivity index (χ3v) is 15.9. The molecule has 0 saturated carbocycles. The van der Waals surface area contributed by atoms with Crippen molar-refractivity contribution in [1.29, 1.82) is 0 Å². The van der Waals surface area contributed by atoms with Gasteiger partial charge in [-0.25, -0.2) is 0 Å². The Kier molecular flexibility index (Phi) is 8.56. The van der Waals surface area contributed by atoms with E-state index in [9.17, 15) is 0 Å². The summed E-state index contributed by atoms with van der Waals surface area (Å²) in [5.41, 5.74) is 20.8. The summed E-state index contributed by atoms with van der Waals surface area (Å²) in [6.45, 7) is 0. The summed E-state index contributed by atoms with van der Waals surface area (Å²) in [4.78, 5) is 15.2. The molecule has 0 bridgehead atoms. The van der Waals surface area contributed by atoms with Gasteiger partial charge in [0.2, 0.25) is 0 Å². The Morgan fingerprint density at radius 2 is 0.944 bits per heavy atom. The SMILES string of the molecule is O=c1c2ccccc2c2cc(-c3ccc(NC4C=CC(c5ccccc5)=CC4c4ccc(-c5ccccc5)cc4)cc3)cc3c4ccc5c(c4n1c23)-c1ccccc1C51c2ccccc2-c2ccccc21. The second-order valence-corrected chi connectivity index (χ2v) is 19.5. The molecule has 3 aliphatic carbocycles. The molecule has 2 unspecified atom stereocenters. The number of benzene rings is 10. The standard InChI is InChI=1S/C68H44N2O/c71-67-54-22-8-7-19-50(54)57-40-48(45-31-34-49(35-32-45)69-63-38-33-47(43-17-5-2-6-18-43)39-56(63)46-29-27-44(28-30-46)42-15-3-1-4-16-42)41-58-53-36-37-62-64(66(53)70(67)65(57)58)55-23-11-14-26-61(55)68(62)59-24-12-9-20-51(59)52-21-10-13-25-60(52)68/h1-41,56,63,69H. The Morgan fingerprint density at radius 1 is 0.408 bits per heavy atom. The van der Waals surface area contributed by atoms with Crippen LogP contribution in [0.15, 0.2) is 254 Å². The van der Waals surface area contributed by atoms with Crippen molar-refractivity contribution in [2.75, 3.05) is 5.32 Å². The van der Waals surface area contributed by atoms with E-state index in [2.05, 4.69) is 246 Å². The molecule has 0 saturated heterocycles. The summed E-state index contributed by atoms with van der Waals surface area (Å²) in [7, 11) is 0. The first-order valence-corrected chi connectivity index (χ1v) is 24.7. The van der Waals surface area contributed by atoms with Crippen molar-refractivity contribution >= 4 is 49.2 Å². The zero-order valence-corrected chi connectivity index (χ0v) is 38.7. The molecule has 3 heteroatoms. The Balaban J connectivity index is 0.863. The fourth-order valence-corrected chi connectivity index (χ4v) is 12.8. The number of allylic oxidation sites excluding steroid dienone is 2. The van der Waals surface area contributed by atoms with Gasteiger partial charge in [0.25, 0.3) is 5.56 Å². The molecule has 3 aliphatic rings. The summed E-state index contributed by atoms with van der Waals surface area (Å²) < 4.78 is 2.06. The Bertz CT molecular complexity index is 4210. The van der Waals surface area contributed by atoms with Gasteiger partial charge in [0.05, 0.1) is 22.5 Å². The fraction of sp³-hybridized carbons (Fsp3) is 0.0441. The molecule has 0 fully saturated rings. The predicted molar refractivity (Wildman–Crippen MR) is 295 cm³/mol. The first kappa shape index (κ1) is 39.9. The first-order valence-electron chi connectivity index (χ1n) is 24.7. The van der Waals surface area contributed by atoms with Crippen LogP contribution in [0.4, 0.5) is 5.69 Å². The van der Waals surface area contributed by atoms with Gasteiger partial charge in [-0.05, 0) is 114 Å². The number of aromatic nitrogens is 1. The molecule has 0 aliphatic heterocycles. The van der Waals surface area contributed by atoms with Crippen molar-refractivity contribution in [3.8, 4) is 44.5 Å². The smallest absolute Gasteiger partial charge is 0.263 e. The molecule has 2 heterocycles. The van der Waals surface area contributed by atoms with Gasteiger partial charge >= 0.3 is 0 Å². The minimum absolute atomic E-state index is 0.0169. The van der Waals surface area contributed by atoms with Crippen LogP contribution in [0.1, 0.15) is 39.3 Å². The van der Waals surface area contributed by atoms with Gasteiger partial charge in [0.15, 0.2) is 0 Å². The second-order valence-electron chi connectivity index (χ2n) is 19.5. The molecule has 2 aromatic heterocycles. The molecule has 3 nitrogen and oxygen atoms in total. The van der Waals surface area contributed by atoms with E-state index in [4.69, 9.17) is 0 Å². The Hall–Kier alpha value is -9.05. The van der Waals surface area contributed by atoms with Crippen molar-refractivity contribution in [2.45, 2.75) is 17.4 Å². The summed E-state index contributed by atoms with van der Waals surface area (Å²) in [5.74, 6) is 0.108. The van der Waals surface area contributed by atoms with E-state index in [0.717, 1.165) is 60.3 Å². The highest BCUT2D eigenvalue weighted by atomic mass is 16.1. The van der Waals surface area contributed by atoms with Crippen LogP contribution in [0.3, 0.4) is 0 Å². The zero-order valence-electron chi connectivity index (χ0n) is 38.7. The fourth-order valence-electron chi connectivity index (χ4n) is 12.8. The van der Waals surface area contributed by atoms with Crippen molar-refractivity contribution in [2.24, 2.45) is 0 Å². The maximum atomic E-state index is 15.2. The lowest BCUT2D eigenvalue weighted by Gasteiger charge is -2.30. The van der Waals surface area contributed by atoms with E-state index in [1.807, 2.05) is 12.1 Å². The molecule has 1 N–H and O–H groups in total. The average molecular weight is 905 g/mol. The van der Waals surface area contributed by atoms with E-state index in [0.29, 0.717) is 0 Å². The number of fused-ring (bicyclic) bond motifs is 16. The molecule has 0 amide bonds. The third kappa shape index (κ3) is 5.69. The van der Waals surface area contributed by atoms with Crippen LogP contribution in [0.25, 0.3) is 88.0 Å². The van der Waals surface area contributed by atoms with Crippen LogP contribution in [0.5, 0.6) is 0 Å². The third-order valence-electron chi connectivity index (χ3n) is 15.9. The summed E-state index contributed by atoms with van der Waals surface area (Å²) in [5, 5.41) is 8.87. The largest absolute Gasteiger partial charge is 0.378 e. The number of anilines is 1. The van der Waals surface area contributed by atoms with Crippen molar-refractivity contribution in [3.05, 3.63) is 292 Å². The summed E-state index contributed by atoms with van der Waals surface area (Å²) >= 11 is 0. The van der Waals surface area contributed by atoms with Crippen LogP contribution in [0.2, 0.25) is 0 Å². The minimum Gasteiger partial charge on any atom is -0.378 e. The first-order chi connectivity index (χ1) is 35.1. The summed E-state index contributed by atoms with van der Waals surface area (Å²) in [6.07, 6.45) is 6.99. The lowest BCUT2D eigenvalue weighted by atomic mass is 9.70. The maximum absolute atomic E-state index is 15.2. The normalized spacial score (nSPS) is 16.1. The van der Waals surface area contributed by atoms with Gasteiger partial charge in [0.1, 0.15) is 0 Å². The van der Waals surface area contributed by atoms with Crippen molar-refractivity contribution in [3.63, 3.8) is 0 Å². The average Bonchev–Trinajstić information content (AvgIpc) is 4.07. The Labute approximate surface area is 411 Å². The number of pyridine rings is 1. The van der Waals surface area contributed by atoms with Gasteiger partial charge in [0, 0.05) is 38.7 Å². The minimum atomic E-state index is -0.510. The molecule has 10 aromatic carbocycles. The molecular weight excluding hydrogens is 861 g/mol. The monoisotopic (exact) mass is 904 g/mol. The number of hydrogen-bond acceptors (Lipinski definition) is 2. The number of hydrogen-bond donors (Lipinski definition) is 1. The molecule has 0 radical (unpaired) electrons. The predicted octanol–water partition coefficient (Wildman–Crippen LogP) is 16.1. The van der Waals surface area contributed by atoms with Crippen LogP contribution in [-0.2, 0) is 5.41 Å². The van der Waals surface area contributed by atoms with E-state index >= 15 is 4.79 Å².